The van der Waals surface area contributed by atoms with Gasteiger partial charge in [-0.15, -0.1) is 11.8 Å². The molecule has 1 aliphatic carbocycles. The van der Waals surface area contributed by atoms with Crippen LogP contribution in [0.3, 0.4) is 0 Å². The quantitative estimate of drug-likeness (QED) is 0.302. The maximum atomic E-state index is 13.3. The van der Waals surface area contributed by atoms with Crippen LogP contribution in [0, 0.1) is 5.92 Å². The van der Waals surface area contributed by atoms with Crippen molar-refractivity contribution in [2.75, 3.05) is 17.6 Å². The van der Waals surface area contributed by atoms with Gasteiger partial charge in [0.1, 0.15) is 5.58 Å². The van der Waals surface area contributed by atoms with Crippen LogP contribution in [0.15, 0.2) is 39.3 Å². The molecule has 1 aromatic carbocycles. The van der Waals surface area contributed by atoms with Crippen molar-refractivity contribution in [3.05, 3.63) is 41.2 Å². The molecule has 182 valence electrons. The van der Waals surface area contributed by atoms with Crippen LogP contribution in [0.25, 0.3) is 11.0 Å². The van der Waals surface area contributed by atoms with Crippen LogP contribution in [0.5, 0.6) is 0 Å². The van der Waals surface area contributed by atoms with Gasteiger partial charge in [-0.05, 0) is 68.2 Å². The zero-order chi connectivity index (χ0) is 24.1. The molecule has 1 fully saturated rings. The second kappa shape index (κ2) is 11.5. The highest BCUT2D eigenvalue weighted by Gasteiger charge is 2.28. The standard InChI is InChI=1S/C24H28ClN3O4S2/c1-15-4-7-18(8-5-15)28(24(31)27-23-26-12-22(34-23)33-14-21(29)30)10-2-3-16-13-32-20-9-6-17(25)11-19(16)20/h6,9,11-13,15,18H,2-5,7-8,10,14H2,1H3,(H,29,30)(H,26,27,31). The smallest absolute Gasteiger partial charge is 0.323 e. The number of aromatic nitrogens is 1. The van der Waals surface area contributed by atoms with Gasteiger partial charge in [0.2, 0.25) is 0 Å². The summed E-state index contributed by atoms with van der Waals surface area (Å²) in [6, 6.07) is 5.67. The Labute approximate surface area is 211 Å². The molecule has 10 heteroatoms. The molecular formula is C24H28ClN3O4S2. The molecule has 1 aliphatic rings. The van der Waals surface area contributed by atoms with Crippen molar-refractivity contribution in [2.45, 2.75) is 55.7 Å². The Hall–Kier alpha value is -2.23. The van der Waals surface area contributed by atoms with Crippen molar-refractivity contribution in [2.24, 2.45) is 5.92 Å². The number of carbonyl (C=O) groups is 2. The molecule has 2 N–H and O–H groups in total. The summed E-state index contributed by atoms with van der Waals surface area (Å²) in [5.74, 6) is -0.221. The number of benzene rings is 1. The first-order chi connectivity index (χ1) is 16.4. The number of fused-ring (bicyclic) bond motifs is 1. The van der Waals surface area contributed by atoms with Gasteiger partial charge in [0.15, 0.2) is 5.13 Å². The van der Waals surface area contributed by atoms with Gasteiger partial charge in [0.05, 0.1) is 22.4 Å². The molecule has 0 atom stereocenters. The number of hydrogen-bond acceptors (Lipinski definition) is 6. The van der Waals surface area contributed by atoms with E-state index in [1.807, 2.05) is 23.1 Å². The maximum absolute atomic E-state index is 13.3. The molecule has 4 rings (SSSR count). The van der Waals surface area contributed by atoms with Crippen LogP contribution < -0.4 is 5.32 Å². The van der Waals surface area contributed by atoms with Gasteiger partial charge < -0.3 is 14.4 Å². The highest BCUT2D eigenvalue weighted by atomic mass is 35.5. The Kier molecular flexibility index (Phi) is 8.39. The fraction of sp³-hybridized carbons (Fsp3) is 0.458. The SMILES string of the molecule is CC1CCC(N(CCCc2coc3ccc(Cl)cc23)C(=O)Nc2ncc(SCC(=O)O)s2)CC1. The molecule has 2 aromatic heterocycles. The fourth-order valence-electron chi connectivity index (χ4n) is 4.37. The predicted octanol–water partition coefficient (Wildman–Crippen LogP) is 6.76. The maximum Gasteiger partial charge on any atom is 0.323 e. The summed E-state index contributed by atoms with van der Waals surface area (Å²) in [7, 11) is 0. The lowest BCUT2D eigenvalue weighted by Gasteiger charge is -2.36. The number of nitrogens with one attached hydrogen (secondary N) is 1. The Morgan fingerprint density at radius 1 is 1.32 bits per heavy atom. The first-order valence-corrected chi connectivity index (χ1v) is 13.6. The second-order valence-electron chi connectivity index (χ2n) is 8.71. The van der Waals surface area contributed by atoms with E-state index in [0.29, 0.717) is 22.6 Å². The number of carbonyl (C=O) groups excluding carboxylic acids is 1. The number of furan rings is 1. The third-order valence-corrected chi connectivity index (χ3v) is 8.51. The number of hydrogen-bond donors (Lipinski definition) is 2. The molecule has 34 heavy (non-hydrogen) atoms. The number of rotatable bonds is 9. The molecule has 0 radical (unpaired) electrons. The summed E-state index contributed by atoms with van der Waals surface area (Å²) in [4.78, 5) is 30.3. The molecule has 2 heterocycles. The highest BCUT2D eigenvalue weighted by molar-refractivity contribution is 8.01. The number of carboxylic acid groups (broad SMARTS) is 1. The van der Waals surface area contributed by atoms with Crippen molar-refractivity contribution in [1.82, 2.24) is 9.88 Å². The van der Waals surface area contributed by atoms with Crippen molar-refractivity contribution in [3.8, 4) is 0 Å². The third-order valence-electron chi connectivity index (χ3n) is 6.18. The number of aliphatic carboxylic acids is 1. The van der Waals surface area contributed by atoms with Crippen molar-refractivity contribution < 1.29 is 19.1 Å². The fourth-order valence-corrected chi connectivity index (χ4v) is 6.13. The topological polar surface area (TPSA) is 95.7 Å². The number of aryl methyl sites for hydroxylation is 1. The molecule has 3 aromatic rings. The Bertz CT molecular complexity index is 1140. The van der Waals surface area contributed by atoms with Crippen LogP contribution in [-0.2, 0) is 11.2 Å². The summed E-state index contributed by atoms with van der Waals surface area (Å²) in [6.07, 6.45) is 9.20. The lowest BCUT2D eigenvalue weighted by molar-refractivity contribution is -0.133. The number of halogens is 1. The molecule has 0 saturated heterocycles. The van der Waals surface area contributed by atoms with E-state index in [1.54, 1.807) is 12.5 Å². The Morgan fingerprint density at radius 3 is 2.88 bits per heavy atom. The number of nitrogens with zero attached hydrogens (tertiary/aromatic N) is 2. The minimum absolute atomic E-state index is 0.0319. The zero-order valence-corrected chi connectivity index (χ0v) is 21.3. The highest BCUT2D eigenvalue weighted by Crippen LogP contribution is 2.31. The lowest BCUT2D eigenvalue weighted by Crippen LogP contribution is -2.45. The van der Waals surface area contributed by atoms with E-state index in [0.717, 1.165) is 59.3 Å². The second-order valence-corrected chi connectivity index (χ2v) is 11.5. The number of thioether (sulfide) groups is 1. The number of urea groups is 1. The third kappa shape index (κ3) is 6.46. The Morgan fingerprint density at radius 2 is 2.12 bits per heavy atom. The van der Waals surface area contributed by atoms with E-state index in [9.17, 15) is 9.59 Å². The average Bonchev–Trinajstić information content (AvgIpc) is 3.42. The van der Waals surface area contributed by atoms with E-state index < -0.39 is 5.97 Å². The largest absolute Gasteiger partial charge is 0.481 e. The minimum atomic E-state index is -0.880. The zero-order valence-electron chi connectivity index (χ0n) is 19.0. The molecular weight excluding hydrogens is 494 g/mol. The molecule has 2 amide bonds. The van der Waals surface area contributed by atoms with Crippen LogP contribution in [0.4, 0.5) is 9.93 Å². The lowest BCUT2D eigenvalue weighted by atomic mass is 9.86. The summed E-state index contributed by atoms with van der Waals surface area (Å²) in [5, 5.41) is 14.0. The first-order valence-electron chi connectivity index (χ1n) is 11.4. The molecule has 0 aliphatic heterocycles. The normalized spacial score (nSPS) is 18.2. The van der Waals surface area contributed by atoms with Gasteiger partial charge in [-0.25, -0.2) is 9.78 Å². The van der Waals surface area contributed by atoms with Crippen LogP contribution >= 0.6 is 34.7 Å². The van der Waals surface area contributed by atoms with Gasteiger partial charge in [-0.2, -0.15) is 0 Å². The average molecular weight is 522 g/mol. The van der Waals surface area contributed by atoms with E-state index >= 15 is 0 Å². The van der Waals surface area contributed by atoms with Gasteiger partial charge >= 0.3 is 12.0 Å². The molecule has 0 spiro atoms. The summed E-state index contributed by atoms with van der Waals surface area (Å²) < 4.78 is 6.42. The summed E-state index contributed by atoms with van der Waals surface area (Å²) in [5.41, 5.74) is 1.91. The predicted molar refractivity (Wildman–Crippen MR) is 137 cm³/mol. The van der Waals surface area contributed by atoms with Crippen molar-refractivity contribution in [3.63, 3.8) is 0 Å². The van der Waals surface area contributed by atoms with Gasteiger partial charge in [-0.3, -0.25) is 10.1 Å². The van der Waals surface area contributed by atoms with Crippen LogP contribution in [0.1, 0.15) is 44.6 Å². The van der Waals surface area contributed by atoms with E-state index in [1.165, 1.54) is 23.1 Å². The van der Waals surface area contributed by atoms with Gasteiger partial charge in [0, 0.05) is 23.0 Å². The van der Waals surface area contributed by atoms with Gasteiger partial charge in [-0.1, -0.05) is 29.9 Å². The number of thiazole rings is 1. The van der Waals surface area contributed by atoms with Crippen molar-refractivity contribution >= 4 is 62.8 Å². The van der Waals surface area contributed by atoms with E-state index in [-0.39, 0.29) is 17.8 Å². The van der Waals surface area contributed by atoms with Crippen LogP contribution in [-0.4, -0.2) is 45.3 Å². The Balaban J connectivity index is 1.40. The summed E-state index contributed by atoms with van der Waals surface area (Å²) in [6.45, 7) is 2.89. The molecule has 7 nitrogen and oxygen atoms in total. The number of carboxylic acids is 1. The number of anilines is 1. The molecule has 1 saturated carbocycles. The monoisotopic (exact) mass is 521 g/mol. The first kappa shape index (κ1) is 24.9. The van der Waals surface area contributed by atoms with Crippen molar-refractivity contribution in [1.29, 1.82) is 0 Å². The van der Waals surface area contributed by atoms with E-state index in [4.69, 9.17) is 21.1 Å². The van der Waals surface area contributed by atoms with Crippen LogP contribution in [0.2, 0.25) is 5.02 Å². The number of amides is 2. The summed E-state index contributed by atoms with van der Waals surface area (Å²) >= 11 is 8.66. The van der Waals surface area contributed by atoms with Gasteiger partial charge in [0.25, 0.3) is 0 Å². The molecule has 0 unspecified atom stereocenters. The van der Waals surface area contributed by atoms with E-state index in [2.05, 4.69) is 17.2 Å². The molecule has 0 bridgehead atoms. The minimum Gasteiger partial charge on any atom is -0.481 e.